The maximum atomic E-state index is 11.8. The third-order valence-corrected chi connectivity index (χ3v) is 3.74. The number of ether oxygens (including phenoxy) is 1. The van der Waals surface area contributed by atoms with Crippen LogP contribution in [0.4, 0.5) is 0 Å². The summed E-state index contributed by atoms with van der Waals surface area (Å²) in [7, 11) is 3.33. The molecule has 18 heavy (non-hydrogen) atoms. The lowest BCUT2D eigenvalue weighted by Gasteiger charge is -2.22. The van der Waals surface area contributed by atoms with Crippen LogP contribution in [0, 0.1) is 0 Å². The minimum Gasteiger partial charge on any atom is -0.497 e. The predicted octanol–water partition coefficient (Wildman–Crippen LogP) is 1.63. The van der Waals surface area contributed by atoms with Gasteiger partial charge in [-0.1, -0.05) is 0 Å². The highest BCUT2D eigenvalue weighted by molar-refractivity contribution is 8.00. The van der Waals surface area contributed by atoms with Gasteiger partial charge in [0.1, 0.15) is 5.75 Å². The van der Waals surface area contributed by atoms with E-state index in [0.717, 1.165) is 10.6 Å². The number of carbonyl (C=O) groups excluding carboxylic acids is 1. The quantitative estimate of drug-likeness (QED) is 0.797. The van der Waals surface area contributed by atoms with Crippen LogP contribution in [0.3, 0.4) is 0 Å². The van der Waals surface area contributed by atoms with Crippen molar-refractivity contribution < 1.29 is 14.6 Å². The van der Waals surface area contributed by atoms with E-state index >= 15 is 0 Å². The largest absolute Gasteiger partial charge is 0.497 e. The Kier molecular flexibility index (Phi) is 6.01. The van der Waals surface area contributed by atoms with Crippen molar-refractivity contribution in [3.8, 4) is 5.75 Å². The molecule has 0 radical (unpaired) electrons. The SMILES string of the molecule is COc1ccc(SCC(=O)N(C)C(C)CO)cc1. The molecule has 0 aliphatic rings. The number of aliphatic hydroxyl groups excluding tert-OH is 1. The van der Waals surface area contributed by atoms with E-state index in [9.17, 15) is 4.79 Å². The second kappa shape index (κ2) is 7.28. The predicted molar refractivity (Wildman–Crippen MR) is 73.0 cm³/mol. The highest BCUT2D eigenvalue weighted by atomic mass is 32.2. The fourth-order valence-electron chi connectivity index (χ4n) is 1.29. The zero-order valence-electron chi connectivity index (χ0n) is 10.9. The molecule has 4 nitrogen and oxygen atoms in total. The highest BCUT2D eigenvalue weighted by Gasteiger charge is 2.14. The molecule has 1 rings (SSSR count). The van der Waals surface area contributed by atoms with Crippen molar-refractivity contribution in [2.75, 3.05) is 26.5 Å². The van der Waals surface area contributed by atoms with E-state index in [1.165, 1.54) is 11.8 Å². The van der Waals surface area contributed by atoms with E-state index in [0.29, 0.717) is 5.75 Å². The fraction of sp³-hybridized carbons (Fsp3) is 0.462. The number of amides is 1. The van der Waals surface area contributed by atoms with Crippen molar-refractivity contribution >= 4 is 17.7 Å². The van der Waals surface area contributed by atoms with Gasteiger partial charge in [0.2, 0.25) is 5.91 Å². The molecule has 0 bridgehead atoms. The Morgan fingerprint density at radius 1 is 1.44 bits per heavy atom. The third kappa shape index (κ3) is 4.23. The number of methoxy groups -OCH3 is 1. The number of hydrogen-bond donors (Lipinski definition) is 1. The Morgan fingerprint density at radius 3 is 2.56 bits per heavy atom. The molecule has 1 N–H and O–H groups in total. The summed E-state index contributed by atoms with van der Waals surface area (Å²) in [4.78, 5) is 14.4. The topological polar surface area (TPSA) is 49.8 Å². The smallest absolute Gasteiger partial charge is 0.232 e. The van der Waals surface area contributed by atoms with Crippen LogP contribution in [0.15, 0.2) is 29.2 Å². The molecule has 100 valence electrons. The van der Waals surface area contributed by atoms with E-state index in [2.05, 4.69) is 0 Å². The van der Waals surface area contributed by atoms with Crippen LogP contribution in [0.25, 0.3) is 0 Å². The Bertz CT molecular complexity index is 380. The van der Waals surface area contributed by atoms with E-state index in [-0.39, 0.29) is 18.6 Å². The van der Waals surface area contributed by atoms with Gasteiger partial charge < -0.3 is 14.7 Å². The van der Waals surface area contributed by atoms with Crippen LogP contribution in [-0.2, 0) is 4.79 Å². The third-order valence-electron chi connectivity index (χ3n) is 2.74. The maximum absolute atomic E-state index is 11.8. The number of benzene rings is 1. The number of hydrogen-bond acceptors (Lipinski definition) is 4. The van der Waals surface area contributed by atoms with Crippen molar-refractivity contribution in [1.29, 1.82) is 0 Å². The lowest BCUT2D eigenvalue weighted by atomic mass is 10.3. The van der Waals surface area contributed by atoms with Gasteiger partial charge in [0.15, 0.2) is 0 Å². The molecule has 0 aromatic heterocycles. The Labute approximate surface area is 112 Å². The first-order valence-corrected chi connectivity index (χ1v) is 6.70. The normalized spacial score (nSPS) is 12.0. The average Bonchev–Trinajstić information content (AvgIpc) is 2.43. The molecule has 5 heteroatoms. The molecule has 1 aromatic rings. The first-order chi connectivity index (χ1) is 8.58. The molecular formula is C13H19NO3S. The molecule has 1 aromatic carbocycles. The highest BCUT2D eigenvalue weighted by Crippen LogP contribution is 2.21. The molecule has 0 fully saturated rings. The summed E-state index contributed by atoms with van der Waals surface area (Å²) < 4.78 is 5.07. The van der Waals surface area contributed by atoms with Gasteiger partial charge in [-0.05, 0) is 31.2 Å². The van der Waals surface area contributed by atoms with Crippen molar-refractivity contribution in [2.45, 2.75) is 17.9 Å². The van der Waals surface area contributed by atoms with E-state index < -0.39 is 0 Å². The minimum absolute atomic E-state index is 0.0115. The molecular weight excluding hydrogens is 250 g/mol. The summed E-state index contributed by atoms with van der Waals surface area (Å²) in [6.45, 7) is 1.80. The second-order valence-corrected chi connectivity index (χ2v) is 5.05. The number of likely N-dealkylation sites (N-methyl/N-ethyl adjacent to an activating group) is 1. The van der Waals surface area contributed by atoms with E-state index in [1.807, 2.05) is 31.2 Å². The van der Waals surface area contributed by atoms with Gasteiger partial charge >= 0.3 is 0 Å². The number of thioether (sulfide) groups is 1. The number of nitrogens with zero attached hydrogens (tertiary/aromatic N) is 1. The first kappa shape index (κ1) is 14.9. The second-order valence-electron chi connectivity index (χ2n) is 4.00. The number of rotatable bonds is 6. The summed E-state index contributed by atoms with van der Waals surface area (Å²) in [5.74, 6) is 1.18. The minimum atomic E-state index is -0.144. The van der Waals surface area contributed by atoms with Crippen LogP contribution >= 0.6 is 11.8 Å². The van der Waals surface area contributed by atoms with Gasteiger partial charge in [-0.25, -0.2) is 0 Å². The van der Waals surface area contributed by atoms with Crippen LogP contribution < -0.4 is 4.74 Å². The lowest BCUT2D eigenvalue weighted by Crippen LogP contribution is -2.38. The Balaban J connectivity index is 2.46. The summed E-state index contributed by atoms with van der Waals surface area (Å²) in [6, 6.07) is 7.44. The molecule has 1 amide bonds. The van der Waals surface area contributed by atoms with Gasteiger partial charge in [0, 0.05) is 11.9 Å². The van der Waals surface area contributed by atoms with Gasteiger partial charge in [-0.2, -0.15) is 0 Å². The summed E-state index contributed by atoms with van der Waals surface area (Å²) in [5, 5.41) is 8.98. The first-order valence-electron chi connectivity index (χ1n) is 5.72. The number of carbonyl (C=O) groups is 1. The molecule has 0 saturated heterocycles. The zero-order chi connectivity index (χ0) is 13.5. The Hall–Kier alpha value is -1.20. The van der Waals surface area contributed by atoms with Crippen LogP contribution in [0.5, 0.6) is 5.75 Å². The Morgan fingerprint density at radius 2 is 2.06 bits per heavy atom. The molecule has 0 heterocycles. The van der Waals surface area contributed by atoms with Crippen molar-refractivity contribution in [2.24, 2.45) is 0 Å². The van der Waals surface area contributed by atoms with E-state index in [1.54, 1.807) is 19.1 Å². The fourth-order valence-corrected chi connectivity index (χ4v) is 2.11. The molecule has 1 atom stereocenters. The molecule has 0 saturated carbocycles. The molecule has 0 aliphatic heterocycles. The van der Waals surface area contributed by atoms with Crippen molar-refractivity contribution in [3.05, 3.63) is 24.3 Å². The van der Waals surface area contributed by atoms with Crippen LogP contribution in [0.2, 0.25) is 0 Å². The summed E-state index contributed by atoms with van der Waals surface area (Å²) in [5.41, 5.74) is 0. The summed E-state index contributed by atoms with van der Waals surface area (Å²) in [6.07, 6.45) is 0. The molecule has 1 unspecified atom stereocenters. The van der Waals surface area contributed by atoms with E-state index in [4.69, 9.17) is 9.84 Å². The van der Waals surface area contributed by atoms with Crippen LogP contribution in [-0.4, -0.2) is 48.5 Å². The monoisotopic (exact) mass is 269 g/mol. The maximum Gasteiger partial charge on any atom is 0.232 e. The lowest BCUT2D eigenvalue weighted by molar-refractivity contribution is -0.129. The van der Waals surface area contributed by atoms with Crippen molar-refractivity contribution in [1.82, 2.24) is 4.90 Å². The van der Waals surface area contributed by atoms with Gasteiger partial charge in [-0.3, -0.25) is 4.79 Å². The zero-order valence-corrected chi connectivity index (χ0v) is 11.7. The molecule has 0 aliphatic carbocycles. The van der Waals surface area contributed by atoms with Gasteiger partial charge in [0.25, 0.3) is 0 Å². The van der Waals surface area contributed by atoms with Crippen LogP contribution in [0.1, 0.15) is 6.92 Å². The van der Waals surface area contributed by atoms with Crippen molar-refractivity contribution in [3.63, 3.8) is 0 Å². The number of aliphatic hydroxyl groups is 1. The van der Waals surface area contributed by atoms with Gasteiger partial charge in [0.05, 0.1) is 25.5 Å². The van der Waals surface area contributed by atoms with Gasteiger partial charge in [-0.15, -0.1) is 11.8 Å². The standard InChI is InChI=1S/C13H19NO3S/c1-10(8-15)14(2)13(16)9-18-12-6-4-11(17-3)5-7-12/h4-7,10,15H,8-9H2,1-3H3. The average molecular weight is 269 g/mol. The molecule has 0 spiro atoms. The summed E-state index contributed by atoms with van der Waals surface area (Å²) >= 11 is 1.48.